The van der Waals surface area contributed by atoms with Gasteiger partial charge >= 0.3 is 6.03 Å². The normalized spacial score (nSPS) is 36.3. The lowest BCUT2D eigenvalue weighted by molar-refractivity contribution is 0.127. The summed E-state index contributed by atoms with van der Waals surface area (Å²) < 4.78 is 5.38. The Balaban J connectivity index is 2.23. The maximum absolute atomic E-state index is 11.1. The first-order chi connectivity index (χ1) is 6.02. The van der Waals surface area contributed by atoms with Crippen LogP contribution in [0.15, 0.2) is 0 Å². The summed E-state index contributed by atoms with van der Waals surface area (Å²) in [6.45, 7) is 6.52. The fourth-order valence-corrected chi connectivity index (χ4v) is 2.51. The number of primary amides is 1. The number of hydrogen-bond donors (Lipinski definition) is 1. The summed E-state index contributed by atoms with van der Waals surface area (Å²) in [5, 5.41) is 0. The van der Waals surface area contributed by atoms with Gasteiger partial charge in [-0.15, -0.1) is 0 Å². The van der Waals surface area contributed by atoms with E-state index in [1.54, 1.807) is 4.90 Å². The molecule has 2 fully saturated rings. The largest absolute Gasteiger partial charge is 0.379 e. The van der Waals surface area contributed by atoms with Crippen molar-refractivity contribution in [3.05, 3.63) is 0 Å². The molecule has 2 aliphatic heterocycles. The molecule has 2 aliphatic rings. The average Bonchev–Trinajstić information content (AvgIpc) is 2.53. The predicted molar refractivity (Wildman–Crippen MR) is 48.2 cm³/mol. The van der Waals surface area contributed by atoms with Crippen molar-refractivity contribution in [2.24, 2.45) is 17.1 Å². The second kappa shape index (κ2) is 2.61. The van der Waals surface area contributed by atoms with Crippen LogP contribution in [0.25, 0.3) is 0 Å². The maximum Gasteiger partial charge on any atom is 0.315 e. The second-order valence-electron chi connectivity index (χ2n) is 4.67. The van der Waals surface area contributed by atoms with Crippen LogP contribution in [0, 0.1) is 11.3 Å². The SMILES string of the molecule is CC1(C)CN(C(N)=O)C2COCC21. The summed E-state index contributed by atoms with van der Waals surface area (Å²) in [5.41, 5.74) is 5.46. The molecule has 0 saturated carbocycles. The van der Waals surface area contributed by atoms with Gasteiger partial charge < -0.3 is 15.4 Å². The number of nitrogens with zero attached hydrogens (tertiary/aromatic N) is 1. The fourth-order valence-electron chi connectivity index (χ4n) is 2.51. The zero-order chi connectivity index (χ0) is 9.64. The Morgan fingerprint density at radius 3 is 2.85 bits per heavy atom. The Morgan fingerprint density at radius 2 is 2.23 bits per heavy atom. The molecular formula is C9H16N2O2. The van der Waals surface area contributed by atoms with E-state index in [2.05, 4.69) is 13.8 Å². The van der Waals surface area contributed by atoms with Gasteiger partial charge in [-0.1, -0.05) is 13.8 Å². The molecule has 2 heterocycles. The van der Waals surface area contributed by atoms with E-state index in [-0.39, 0.29) is 17.5 Å². The molecule has 0 aromatic heterocycles. The van der Waals surface area contributed by atoms with Crippen LogP contribution in [-0.2, 0) is 4.74 Å². The zero-order valence-corrected chi connectivity index (χ0v) is 8.12. The summed E-state index contributed by atoms with van der Waals surface area (Å²) in [6.07, 6.45) is 0. The Morgan fingerprint density at radius 1 is 1.54 bits per heavy atom. The van der Waals surface area contributed by atoms with E-state index in [0.29, 0.717) is 12.5 Å². The molecular weight excluding hydrogens is 168 g/mol. The van der Waals surface area contributed by atoms with Gasteiger partial charge in [-0.3, -0.25) is 0 Å². The van der Waals surface area contributed by atoms with Crippen molar-refractivity contribution >= 4 is 6.03 Å². The number of carbonyl (C=O) groups excluding carboxylic acids is 1. The number of carbonyl (C=O) groups is 1. The van der Waals surface area contributed by atoms with Crippen LogP contribution in [-0.4, -0.2) is 36.7 Å². The van der Waals surface area contributed by atoms with E-state index in [9.17, 15) is 4.79 Å². The third-order valence-electron chi connectivity index (χ3n) is 3.32. The standard InChI is InChI=1S/C9H16N2O2/c1-9(2)5-11(8(10)12)7-4-13-3-6(7)9/h6-7H,3-5H2,1-2H3,(H2,10,12). The van der Waals surface area contributed by atoms with Crippen LogP contribution in [0.1, 0.15) is 13.8 Å². The maximum atomic E-state index is 11.1. The number of fused-ring (bicyclic) bond motifs is 1. The van der Waals surface area contributed by atoms with Crippen LogP contribution >= 0.6 is 0 Å². The molecule has 0 aromatic rings. The number of urea groups is 1. The second-order valence-corrected chi connectivity index (χ2v) is 4.67. The van der Waals surface area contributed by atoms with Crippen LogP contribution in [0.3, 0.4) is 0 Å². The molecule has 13 heavy (non-hydrogen) atoms. The summed E-state index contributed by atoms with van der Waals surface area (Å²) >= 11 is 0. The molecule has 4 nitrogen and oxygen atoms in total. The minimum Gasteiger partial charge on any atom is -0.379 e. The first-order valence-electron chi connectivity index (χ1n) is 4.66. The average molecular weight is 184 g/mol. The van der Waals surface area contributed by atoms with E-state index in [1.807, 2.05) is 0 Å². The summed E-state index contributed by atoms with van der Waals surface area (Å²) in [4.78, 5) is 12.9. The molecule has 2 unspecified atom stereocenters. The molecule has 2 N–H and O–H groups in total. The Labute approximate surface area is 78.0 Å². The fraction of sp³-hybridized carbons (Fsp3) is 0.889. The van der Waals surface area contributed by atoms with Gasteiger partial charge in [-0.05, 0) is 5.41 Å². The van der Waals surface area contributed by atoms with Gasteiger partial charge in [0.1, 0.15) is 0 Å². The number of likely N-dealkylation sites (tertiary alicyclic amines) is 1. The Hall–Kier alpha value is -0.770. The van der Waals surface area contributed by atoms with Crippen molar-refractivity contribution in [1.82, 2.24) is 4.90 Å². The van der Waals surface area contributed by atoms with E-state index >= 15 is 0 Å². The topological polar surface area (TPSA) is 55.6 Å². The van der Waals surface area contributed by atoms with E-state index < -0.39 is 0 Å². The smallest absolute Gasteiger partial charge is 0.315 e. The molecule has 74 valence electrons. The lowest BCUT2D eigenvalue weighted by atomic mass is 9.80. The van der Waals surface area contributed by atoms with Crippen molar-refractivity contribution in [2.45, 2.75) is 19.9 Å². The minimum absolute atomic E-state index is 0.149. The highest BCUT2D eigenvalue weighted by Crippen LogP contribution is 2.42. The monoisotopic (exact) mass is 184 g/mol. The van der Waals surface area contributed by atoms with Gasteiger partial charge in [0.05, 0.1) is 19.3 Å². The highest BCUT2D eigenvalue weighted by atomic mass is 16.5. The van der Waals surface area contributed by atoms with Crippen molar-refractivity contribution < 1.29 is 9.53 Å². The first-order valence-corrected chi connectivity index (χ1v) is 4.66. The molecule has 2 atom stereocenters. The summed E-state index contributed by atoms with van der Waals surface area (Å²) in [7, 11) is 0. The van der Waals surface area contributed by atoms with Crippen LogP contribution in [0.2, 0.25) is 0 Å². The Kier molecular flexibility index (Phi) is 1.77. The van der Waals surface area contributed by atoms with E-state index in [0.717, 1.165) is 13.2 Å². The Bertz CT molecular complexity index is 240. The summed E-state index contributed by atoms with van der Waals surface area (Å²) in [6, 6.07) is -0.0985. The van der Waals surface area contributed by atoms with Crippen LogP contribution in [0.4, 0.5) is 4.79 Å². The molecule has 0 aliphatic carbocycles. The van der Waals surface area contributed by atoms with Crippen LogP contribution in [0.5, 0.6) is 0 Å². The third-order valence-corrected chi connectivity index (χ3v) is 3.32. The van der Waals surface area contributed by atoms with Crippen molar-refractivity contribution in [2.75, 3.05) is 19.8 Å². The predicted octanol–water partition coefficient (Wildman–Crippen LogP) is 0.422. The summed E-state index contributed by atoms with van der Waals surface area (Å²) in [5.74, 6) is 0.458. The van der Waals surface area contributed by atoms with Gasteiger partial charge in [0.25, 0.3) is 0 Å². The molecule has 0 bridgehead atoms. The molecule has 2 amide bonds. The quantitative estimate of drug-likeness (QED) is 0.593. The van der Waals surface area contributed by atoms with Crippen molar-refractivity contribution in [3.8, 4) is 0 Å². The van der Waals surface area contributed by atoms with Gasteiger partial charge in [-0.2, -0.15) is 0 Å². The molecule has 2 saturated heterocycles. The molecule has 0 spiro atoms. The zero-order valence-electron chi connectivity index (χ0n) is 8.12. The van der Waals surface area contributed by atoms with E-state index in [1.165, 1.54) is 0 Å². The van der Waals surface area contributed by atoms with Crippen molar-refractivity contribution in [3.63, 3.8) is 0 Å². The number of amides is 2. The van der Waals surface area contributed by atoms with Gasteiger partial charge in [-0.25, -0.2) is 4.79 Å². The molecule has 0 aromatic carbocycles. The van der Waals surface area contributed by atoms with Gasteiger partial charge in [0.2, 0.25) is 0 Å². The number of rotatable bonds is 0. The van der Waals surface area contributed by atoms with Crippen LogP contribution < -0.4 is 5.73 Å². The van der Waals surface area contributed by atoms with Crippen molar-refractivity contribution in [1.29, 1.82) is 0 Å². The third kappa shape index (κ3) is 1.20. The lowest BCUT2D eigenvalue weighted by Crippen LogP contribution is -2.41. The molecule has 0 radical (unpaired) electrons. The number of hydrogen-bond acceptors (Lipinski definition) is 2. The highest BCUT2D eigenvalue weighted by molar-refractivity contribution is 5.73. The number of ether oxygens (including phenoxy) is 1. The van der Waals surface area contributed by atoms with Gasteiger partial charge in [0.15, 0.2) is 0 Å². The highest BCUT2D eigenvalue weighted by Gasteiger charge is 2.51. The molecule has 4 heteroatoms. The van der Waals surface area contributed by atoms with Gasteiger partial charge in [0, 0.05) is 12.5 Å². The minimum atomic E-state index is -0.314. The lowest BCUT2D eigenvalue weighted by Gasteiger charge is -2.22. The number of nitrogens with two attached hydrogens (primary N) is 1. The first kappa shape index (κ1) is 8.81. The van der Waals surface area contributed by atoms with E-state index in [4.69, 9.17) is 10.5 Å². The molecule has 2 rings (SSSR count).